The number of ether oxygens (including phenoxy) is 1. The third-order valence-electron chi connectivity index (χ3n) is 3.17. The average molecular weight is 360 g/mol. The van der Waals surface area contributed by atoms with Crippen molar-refractivity contribution in [2.24, 2.45) is 11.8 Å². The van der Waals surface area contributed by atoms with E-state index in [2.05, 4.69) is 55.5 Å². The van der Waals surface area contributed by atoms with E-state index in [9.17, 15) is 0 Å². The van der Waals surface area contributed by atoms with Gasteiger partial charge in [0.15, 0.2) is 0 Å². The monoisotopic (exact) mass is 360 g/mol. The van der Waals surface area contributed by atoms with Crippen molar-refractivity contribution >= 4 is 22.6 Å². The fourth-order valence-corrected chi connectivity index (χ4v) is 2.29. The van der Waals surface area contributed by atoms with E-state index in [0.29, 0.717) is 0 Å². The molecule has 0 aromatic heterocycles. The molecule has 0 aliphatic heterocycles. The number of hydrogen-bond acceptors (Lipinski definition) is 1. The molecule has 1 atom stereocenters. The summed E-state index contributed by atoms with van der Waals surface area (Å²) in [5, 5.41) is 0. The second-order valence-corrected chi connectivity index (χ2v) is 6.77. The zero-order chi connectivity index (χ0) is 13.4. The largest absolute Gasteiger partial charge is 0.494 e. The van der Waals surface area contributed by atoms with Crippen LogP contribution in [-0.4, -0.2) is 6.61 Å². The van der Waals surface area contributed by atoms with Crippen LogP contribution in [-0.2, 0) is 0 Å². The number of hydrogen-bond donors (Lipinski definition) is 0. The Morgan fingerprint density at radius 2 is 1.67 bits per heavy atom. The van der Waals surface area contributed by atoms with Gasteiger partial charge >= 0.3 is 0 Å². The van der Waals surface area contributed by atoms with Gasteiger partial charge in [-0.1, -0.05) is 40.0 Å². The van der Waals surface area contributed by atoms with Crippen molar-refractivity contribution in [3.8, 4) is 5.75 Å². The molecule has 1 rings (SSSR count). The lowest BCUT2D eigenvalue weighted by Crippen LogP contribution is -2.04. The van der Waals surface area contributed by atoms with Crippen molar-refractivity contribution < 1.29 is 4.74 Å². The predicted molar refractivity (Wildman–Crippen MR) is 87.1 cm³/mol. The molecule has 0 radical (unpaired) electrons. The Bertz CT molecular complexity index is 318. The molecular weight excluding hydrogens is 335 g/mol. The van der Waals surface area contributed by atoms with Crippen molar-refractivity contribution in [3.05, 3.63) is 27.8 Å². The van der Waals surface area contributed by atoms with E-state index in [1.807, 2.05) is 12.1 Å². The van der Waals surface area contributed by atoms with Crippen LogP contribution in [0.2, 0.25) is 0 Å². The molecule has 1 aromatic carbocycles. The Morgan fingerprint density at radius 1 is 1.00 bits per heavy atom. The third-order valence-corrected chi connectivity index (χ3v) is 3.89. The molecule has 102 valence electrons. The van der Waals surface area contributed by atoms with Crippen LogP contribution in [0.25, 0.3) is 0 Å². The minimum atomic E-state index is 0.771. The van der Waals surface area contributed by atoms with Gasteiger partial charge in [-0.25, -0.2) is 0 Å². The van der Waals surface area contributed by atoms with Crippen LogP contribution in [0.4, 0.5) is 0 Å². The van der Waals surface area contributed by atoms with E-state index >= 15 is 0 Å². The van der Waals surface area contributed by atoms with Gasteiger partial charge in [0.2, 0.25) is 0 Å². The van der Waals surface area contributed by atoms with Gasteiger partial charge in [0, 0.05) is 3.57 Å². The predicted octanol–water partition coefficient (Wildman–Crippen LogP) is 5.52. The van der Waals surface area contributed by atoms with Crippen molar-refractivity contribution in [2.45, 2.75) is 46.5 Å². The van der Waals surface area contributed by atoms with Crippen LogP contribution in [0.5, 0.6) is 5.75 Å². The smallest absolute Gasteiger partial charge is 0.119 e. The normalized spacial score (nSPS) is 12.7. The number of halogens is 1. The van der Waals surface area contributed by atoms with Crippen molar-refractivity contribution in [1.82, 2.24) is 0 Å². The zero-order valence-corrected chi connectivity index (χ0v) is 13.9. The van der Waals surface area contributed by atoms with Crippen LogP contribution >= 0.6 is 22.6 Å². The molecule has 0 aliphatic carbocycles. The summed E-state index contributed by atoms with van der Waals surface area (Å²) in [5.74, 6) is 2.60. The molecule has 1 aromatic rings. The summed E-state index contributed by atoms with van der Waals surface area (Å²) >= 11 is 2.31. The van der Waals surface area contributed by atoms with E-state index in [-0.39, 0.29) is 0 Å². The minimum Gasteiger partial charge on any atom is -0.494 e. The summed E-state index contributed by atoms with van der Waals surface area (Å²) in [6, 6.07) is 8.26. The summed E-state index contributed by atoms with van der Waals surface area (Å²) in [4.78, 5) is 0. The van der Waals surface area contributed by atoms with E-state index in [1.54, 1.807) is 0 Å². The average Bonchev–Trinajstić information content (AvgIpc) is 2.31. The highest BCUT2D eigenvalue weighted by Crippen LogP contribution is 2.17. The quantitative estimate of drug-likeness (QED) is 0.555. The zero-order valence-electron chi connectivity index (χ0n) is 11.8. The van der Waals surface area contributed by atoms with Crippen LogP contribution in [0.3, 0.4) is 0 Å². The molecule has 18 heavy (non-hydrogen) atoms. The fourth-order valence-electron chi connectivity index (χ4n) is 1.93. The fraction of sp³-hybridized carbons (Fsp3) is 0.625. The van der Waals surface area contributed by atoms with E-state index < -0.39 is 0 Å². The Hall–Kier alpha value is -0.250. The Labute approximate surface area is 125 Å². The van der Waals surface area contributed by atoms with Gasteiger partial charge in [0.05, 0.1) is 6.61 Å². The second-order valence-electron chi connectivity index (χ2n) is 5.52. The van der Waals surface area contributed by atoms with Crippen LogP contribution in [0.15, 0.2) is 24.3 Å². The summed E-state index contributed by atoms with van der Waals surface area (Å²) in [5.41, 5.74) is 0. The summed E-state index contributed by atoms with van der Waals surface area (Å²) in [6.07, 6.45) is 5.18. The summed E-state index contributed by atoms with van der Waals surface area (Å²) in [6.45, 7) is 7.76. The van der Waals surface area contributed by atoms with Gasteiger partial charge in [0.25, 0.3) is 0 Å². The van der Waals surface area contributed by atoms with Gasteiger partial charge in [-0.3, -0.25) is 0 Å². The molecule has 2 heteroatoms. The Kier molecular flexibility index (Phi) is 7.71. The molecule has 0 heterocycles. The molecule has 0 fully saturated rings. The highest BCUT2D eigenvalue weighted by molar-refractivity contribution is 14.1. The van der Waals surface area contributed by atoms with Crippen LogP contribution in [0, 0.1) is 15.4 Å². The van der Waals surface area contributed by atoms with Crippen molar-refractivity contribution in [3.63, 3.8) is 0 Å². The first-order valence-electron chi connectivity index (χ1n) is 6.96. The van der Waals surface area contributed by atoms with E-state index in [1.165, 1.54) is 22.8 Å². The Morgan fingerprint density at radius 3 is 2.28 bits per heavy atom. The maximum absolute atomic E-state index is 5.76. The molecule has 0 amide bonds. The first-order valence-corrected chi connectivity index (χ1v) is 8.04. The second kappa shape index (κ2) is 8.78. The van der Waals surface area contributed by atoms with E-state index in [4.69, 9.17) is 4.74 Å². The lowest BCUT2D eigenvalue weighted by atomic mass is 9.98. The molecule has 0 spiro atoms. The Balaban J connectivity index is 2.11. The van der Waals surface area contributed by atoms with Crippen molar-refractivity contribution in [2.75, 3.05) is 6.61 Å². The maximum atomic E-state index is 5.76. The lowest BCUT2D eigenvalue weighted by molar-refractivity contribution is 0.275. The third kappa shape index (κ3) is 7.24. The first kappa shape index (κ1) is 15.8. The molecule has 0 saturated heterocycles. The van der Waals surface area contributed by atoms with Gasteiger partial charge < -0.3 is 4.74 Å². The summed E-state index contributed by atoms with van der Waals surface area (Å²) in [7, 11) is 0. The number of rotatable bonds is 8. The molecule has 0 aliphatic rings. The van der Waals surface area contributed by atoms with Crippen LogP contribution < -0.4 is 4.74 Å². The van der Waals surface area contributed by atoms with E-state index in [0.717, 1.165) is 30.6 Å². The molecule has 0 saturated carbocycles. The highest BCUT2D eigenvalue weighted by Gasteiger charge is 2.03. The maximum Gasteiger partial charge on any atom is 0.119 e. The standard InChI is InChI=1S/C16H25IO/c1-13(2)5-4-6-14(3)11-12-18-16-9-7-15(17)8-10-16/h7-10,13-14H,4-6,11-12H2,1-3H3/t14-/m0/s1. The number of benzene rings is 1. The molecule has 0 bridgehead atoms. The van der Waals surface area contributed by atoms with Gasteiger partial charge in [-0.05, 0) is 65.1 Å². The van der Waals surface area contributed by atoms with Gasteiger partial charge in [-0.2, -0.15) is 0 Å². The first-order chi connectivity index (χ1) is 8.58. The molecule has 1 nitrogen and oxygen atoms in total. The summed E-state index contributed by atoms with van der Waals surface area (Å²) < 4.78 is 7.01. The van der Waals surface area contributed by atoms with Gasteiger partial charge in [-0.15, -0.1) is 0 Å². The van der Waals surface area contributed by atoms with Crippen LogP contribution in [0.1, 0.15) is 46.5 Å². The highest BCUT2D eigenvalue weighted by atomic mass is 127. The van der Waals surface area contributed by atoms with Gasteiger partial charge in [0.1, 0.15) is 5.75 Å². The SMILES string of the molecule is CC(C)CCC[C@H](C)CCOc1ccc(I)cc1. The molecular formula is C16H25IO. The topological polar surface area (TPSA) is 9.23 Å². The molecule has 0 unspecified atom stereocenters. The van der Waals surface area contributed by atoms with Crippen molar-refractivity contribution in [1.29, 1.82) is 0 Å². The minimum absolute atomic E-state index is 0.771. The molecule has 0 N–H and O–H groups in total. The lowest BCUT2D eigenvalue weighted by Gasteiger charge is -2.13.